The Morgan fingerprint density at radius 3 is 1.88 bits per heavy atom. The Morgan fingerprint density at radius 2 is 1.32 bits per heavy atom. The molecular weight excluding hydrogens is 439 g/mol. The monoisotopic (exact) mass is 465 g/mol. The Morgan fingerprint density at radius 1 is 0.794 bits per heavy atom. The van der Waals surface area contributed by atoms with Crippen molar-refractivity contribution in [3.05, 3.63) is 83.9 Å². The zero-order valence-corrected chi connectivity index (χ0v) is 18.7. The van der Waals surface area contributed by atoms with Crippen LogP contribution >= 0.6 is 0 Å². The summed E-state index contributed by atoms with van der Waals surface area (Å²) in [5.41, 5.74) is 1.89. The van der Waals surface area contributed by atoms with Gasteiger partial charge in [-0.05, 0) is 73.9 Å². The van der Waals surface area contributed by atoms with Crippen LogP contribution in [0.2, 0.25) is 0 Å². The van der Waals surface area contributed by atoms with Crippen molar-refractivity contribution in [2.24, 2.45) is 11.8 Å². The van der Waals surface area contributed by atoms with E-state index >= 15 is 0 Å². The first-order chi connectivity index (χ1) is 16.4. The van der Waals surface area contributed by atoms with Crippen LogP contribution in [0.5, 0.6) is 0 Å². The number of hydrogen-bond donors (Lipinski definition) is 0. The molecule has 1 fully saturated rings. The van der Waals surface area contributed by atoms with Crippen molar-refractivity contribution in [2.45, 2.75) is 38.4 Å². The molecule has 176 valence electrons. The third-order valence-electron chi connectivity index (χ3n) is 6.99. The second-order valence-electron chi connectivity index (χ2n) is 9.21. The van der Waals surface area contributed by atoms with E-state index in [1.54, 1.807) is 0 Å². The fourth-order valence-corrected chi connectivity index (χ4v) is 5.11. The van der Waals surface area contributed by atoms with Crippen LogP contribution in [0, 0.1) is 11.8 Å². The molecule has 3 nitrogen and oxygen atoms in total. The highest BCUT2D eigenvalue weighted by molar-refractivity contribution is 6.07. The molecule has 5 rings (SSSR count). The molecule has 34 heavy (non-hydrogen) atoms. The molecule has 6 heteroatoms. The quantitative estimate of drug-likeness (QED) is 0.286. The lowest BCUT2D eigenvalue weighted by atomic mass is 9.82. The SMILES string of the molecule is O=C(OCC1CCC(Cn2c3ccccc3c3ccccc32)CC1)c1ccc(C(F)(F)F)cc1. The maximum Gasteiger partial charge on any atom is 0.416 e. The second-order valence-corrected chi connectivity index (χ2v) is 9.21. The van der Waals surface area contributed by atoms with E-state index in [-0.39, 0.29) is 11.5 Å². The molecule has 4 aromatic rings. The fourth-order valence-electron chi connectivity index (χ4n) is 5.11. The van der Waals surface area contributed by atoms with E-state index in [1.165, 1.54) is 33.9 Å². The Hall–Kier alpha value is -3.28. The van der Waals surface area contributed by atoms with Crippen LogP contribution in [0.15, 0.2) is 72.8 Å². The van der Waals surface area contributed by atoms with Gasteiger partial charge in [0, 0.05) is 28.4 Å². The van der Waals surface area contributed by atoms with Crippen LogP contribution in [-0.4, -0.2) is 17.1 Å². The molecule has 0 aliphatic heterocycles. The van der Waals surface area contributed by atoms with Crippen molar-refractivity contribution in [1.82, 2.24) is 4.57 Å². The van der Waals surface area contributed by atoms with Crippen molar-refractivity contribution in [2.75, 3.05) is 6.61 Å². The van der Waals surface area contributed by atoms with Gasteiger partial charge >= 0.3 is 12.1 Å². The van der Waals surface area contributed by atoms with Crippen LogP contribution in [-0.2, 0) is 17.5 Å². The van der Waals surface area contributed by atoms with Gasteiger partial charge in [-0.15, -0.1) is 0 Å². The smallest absolute Gasteiger partial charge is 0.416 e. The molecule has 1 aliphatic carbocycles. The summed E-state index contributed by atoms with van der Waals surface area (Å²) in [6.07, 6.45) is -0.350. The number of hydrogen-bond acceptors (Lipinski definition) is 2. The highest BCUT2D eigenvalue weighted by Crippen LogP contribution is 2.34. The summed E-state index contributed by atoms with van der Waals surface area (Å²) in [6, 6.07) is 21.2. The number of fused-ring (bicyclic) bond motifs is 3. The van der Waals surface area contributed by atoms with Gasteiger partial charge in [-0.3, -0.25) is 0 Å². The van der Waals surface area contributed by atoms with Crippen LogP contribution in [0.1, 0.15) is 41.6 Å². The molecule has 0 amide bonds. The standard InChI is InChI=1S/C28H26F3NO2/c29-28(30,31)22-15-13-21(14-16-22)27(33)34-18-20-11-9-19(10-12-20)17-32-25-7-3-1-5-23(25)24-6-2-4-8-26(24)32/h1-8,13-16,19-20H,9-12,17-18H2. The molecule has 0 spiro atoms. The minimum atomic E-state index is -4.42. The molecule has 0 radical (unpaired) electrons. The topological polar surface area (TPSA) is 31.2 Å². The number of aromatic nitrogens is 1. The average Bonchev–Trinajstić information content (AvgIpc) is 3.17. The van der Waals surface area contributed by atoms with Gasteiger partial charge in [-0.1, -0.05) is 36.4 Å². The molecule has 0 saturated heterocycles. The largest absolute Gasteiger partial charge is 0.462 e. The lowest BCUT2D eigenvalue weighted by molar-refractivity contribution is -0.137. The average molecular weight is 466 g/mol. The van der Waals surface area contributed by atoms with E-state index in [4.69, 9.17) is 4.74 Å². The van der Waals surface area contributed by atoms with Gasteiger partial charge in [0.1, 0.15) is 0 Å². The summed E-state index contributed by atoms with van der Waals surface area (Å²) in [6.45, 7) is 1.27. The second kappa shape index (κ2) is 9.16. The number of para-hydroxylation sites is 2. The molecular formula is C28H26F3NO2. The number of benzene rings is 3. The number of carbonyl (C=O) groups excluding carboxylic acids is 1. The molecule has 3 aromatic carbocycles. The molecule has 1 heterocycles. The summed E-state index contributed by atoms with van der Waals surface area (Å²) >= 11 is 0. The number of carbonyl (C=O) groups is 1. The summed E-state index contributed by atoms with van der Waals surface area (Å²) in [4.78, 5) is 12.3. The fraction of sp³-hybridized carbons (Fsp3) is 0.321. The van der Waals surface area contributed by atoms with Crippen molar-refractivity contribution in [3.63, 3.8) is 0 Å². The molecule has 0 atom stereocenters. The van der Waals surface area contributed by atoms with E-state index < -0.39 is 17.7 Å². The van der Waals surface area contributed by atoms with Crippen molar-refractivity contribution in [1.29, 1.82) is 0 Å². The number of halogens is 3. The van der Waals surface area contributed by atoms with E-state index in [9.17, 15) is 18.0 Å². The van der Waals surface area contributed by atoms with Gasteiger partial charge < -0.3 is 9.30 Å². The van der Waals surface area contributed by atoms with Crippen molar-refractivity contribution >= 4 is 27.8 Å². The molecule has 0 unspecified atom stereocenters. The van der Waals surface area contributed by atoms with Gasteiger partial charge in [-0.25, -0.2) is 4.79 Å². The summed E-state index contributed by atoms with van der Waals surface area (Å²) < 4.78 is 46.0. The Bertz CT molecular complexity index is 1250. The molecule has 0 N–H and O–H groups in total. The molecule has 1 aliphatic rings. The first-order valence-electron chi connectivity index (χ1n) is 11.7. The number of nitrogens with zero attached hydrogens (tertiary/aromatic N) is 1. The normalized spacial score (nSPS) is 18.9. The lowest BCUT2D eigenvalue weighted by Crippen LogP contribution is -2.23. The molecule has 1 aromatic heterocycles. The van der Waals surface area contributed by atoms with E-state index in [2.05, 4.69) is 53.1 Å². The van der Waals surface area contributed by atoms with Crippen LogP contribution < -0.4 is 0 Å². The minimum absolute atomic E-state index is 0.146. The zero-order chi connectivity index (χ0) is 23.7. The highest BCUT2D eigenvalue weighted by atomic mass is 19.4. The zero-order valence-electron chi connectivity index (χ0n) is 18.7. The molecule has 0 bridgehead atoms. The van der Waals surface area contributed by atoms with E-state index in [0.717, 1.165) is 44.4 Å². The van der Waals surface area contributed by atoms with E-state index in [0.29, 0.717) is 12.5 Å². The highest BCUT2D eigenvalue weighted by Gasteiger charge is 2.30. The summed E-state index contributed by atoms with van der Waals surface area (Å²) in [5.74, 6) is 0.273. The van der Waals surface area contributed by atoms with E-state index in [1.807, 2.05) is 0 Å². The maximum atomic E-state index is 12.7. The molecule has 1 saturated carbocycles. The van der Waals surface area contributed by atoms with Gasteiger partial charge in [-0.2, -0.15) is 13.2 Å². The van der Waals surface area contributed by atoms with Gasteiger partial charge in [0.25, 0.3) is 0 Å². The predicted molar refractivity (Wildman–Crippen MR) is 127 cm³/mol. The van der Waals surface area contributed by atoms with Crippen molar-refractivity contribution < 1.29 is 22.7 Å². The minimum Gasteiger partial charge on any atom is -0.462 e. The van der Waals surface area contributed by atoms with Crippen LogP contribution in [0.25, 0.3) is 21.8 Å². The van der Waals surface area contributed by atoms with Crippen LogP contribution in [0.3, 0.4) is 0 Å². The lowest BCUT2D eigenvalue weighted by Gasteiger charge is -2.29. The third-order valence-corrected chi connectivity index (χ3v) is 6.99. The first kappa shape index (κ1) is 22.5. The number of esters is 1. The van der Waals surface area contributed by atoms with Gasteiger partial charge in [0.15, 0.2) is 0 Å². The number of ether oxygens (including phenoxy) is 1. The first-order valence-corrected chi connectivity index (χ1v) is 11.7. The summed E-state index contributed by atoms with van der Waals surface area (Å²) in [7, 11) is 0. The summed E-state index contributed by atoms with van der Waals surface area (Å²) in [5, 5.41) is 2.56. The Balaban J connectivity index is 1.17. The Kier molecular flexibility index (Phi) is 6.07. The van der Waals surface area contributed by atoms with Crippen molar-refractivity contribution in [3.8, 4) is 0 Å². The van der Waals surface area contributed by atoms with Gasteiger partial charge in [0.2, 0.25) is 0 Å². The third kappa shape index (κ3) is 4.54. The van der Waals surface area contributed by atoms with Crippen LogP contribution in [0.4, 0.5) is 13.2 Å². The van der Waals surface area contributed by atoms with Gasteiger partial charge in [0.05, 0.1) is 17.7 Å². The predicted octanol–water partition coefficient (Wildman–Crippen LogP) is 7.48. The Labute approximate surface area is 196 Å². The number of alkyl halides is 3. The number of rotatable bonds is 5. The maximum absolute atomic E-state index is 12.7.